The molecule has 0 amide bonds. The van der Waals surface area contributed by atoms with E-state index in [4.69, 9.17) is 4.74 Å². The lowest BCUT2D eigenvalue weighted by molar-refractivity contribution is -0.143. The number of hydrogen-bond acceptors (Lipinski definition) is 3. The van der Waals surface area contributed by atoms with E-state index in [1.807, 2.05) is 18.2 Å². The minimum absolute atomic E-state index is 0.153. The molecule has 2 atom stereocenters. The smallest absolute Gasteiger partial charge is 0.314 e. The number of benzene rings is 2. The minimum Gasteiger partial charge on any atom is -0.469 e. The third kappa shape index (κ3) is 2.41. The van der Waals surface area contributed by atoms with Crippen LogP contribution in [0.25, 0.3) is 10.8 Å². The molecule has 0 aliphatic carbocycles. The molecule has 0 spiro atoms. The molecule has 3 heteroatoms. The van der Waals surface area contributed by atoms with Gasteiger partial charge in [0.25, 0.3) is 0 Å². The number of fused-ring (bicyclic) bond motifs is 1. The van der Waals surface area contributed by atoms with Crippen LogP contribution in [-0.4, -0.2) is 25.7 Å². The Balaban J connectivity index is 2.01. The number of methoxy groups -OCH3 is 1. The Morgan fingerprint density at radius 2 is 2.05 bits per heavy atom. The molecule has 2 aromatic carbocycles. The van der Waals surface area contributed by atoms with Gasteiger partial charge in [0.15, 0.2) is 0 Å². The molecule has 3 rings (SSSR count). The summed E-state index contributed by atoms with van der Waals surface area (Å²) in [5.74, 6) is -0.369. The molecule has 0 radical (unpaired) electrons. The monoisotopic (exact) mass is 269 g/mol. The van der Waals surface area contributed by atoms with E-state index in [1.54, 1.807) is 0 Å². The van der Waals surface area contributed by atoms with Gasteiger partial charge >= 0.3 is 5.97 Å². The van der Waals surface area contributed by atoms with E-state index in [9.17, 15) is 4.79 Å². The predicted molar refractivity (Wildman–Crippen MR) is 79.7 cm³/mol. The summed E-state index contributed by atoms with van der Waals surface area (Å²) in [6.45, 7) is 0.978. The van der Waals surface area contributed by atoms with Crippen molar-refractivity contribution in [3.63, 3.8) is 0 Å². The van der Waals surface area contributed by atoms with Crippen molar-refractivity contribution in [2.24, 2.45) is 0 Å². The molecule has 1 fully saturated rings. The van der Waals surface area contributed by atoms with Crippen molar-refractivity contribution in [2.45, 2.75) is 24.8 Å². The number of nitrogens with one attached hydrogen (secondary N) is 1. The van der Waals surface area contributed by atoms with Crippen molar-refractivity contribution in [2.75, 3.05) is 13.7 Å². The maximum absolute atomic E-state index is 12.2. The number of carbonyl (C=O) groups is 1. The van der Waals surface area contributed by atoms with Gasteiger partial charge in [0, 0.05) is 6.04 Å². The largest absolute Gasteiger partial charge is 0.469 e. The summed E-state index contributed by atoms with van der Waals surface area (Å²) in [7, 11) is 1.46. The molecule has 0 aromatic heterocycles. The van der Waals surface area contributed by atoms with Crippen molar-refractivity contribution in [3.8, 4) is 0 Å². The zero-order chi connectivity index (χ0) is 13.9. The topological polar surface area (TPSA) is 38.3 Å². The first kappa shape index (κ1) is 13.1. The molecule has 0 saturated carbocycles. The van der Waals surface area contributed by atoms with Crippen molar-refractivity contribution in [1.29, 1.82) is 0 Å². The number of hydrogen-bond donors (Lipinski definition) is 1. The predicted octanol–water partition coefficient (Wildman–Crippen LogP) is 2.85. The molecule has 0 unspecified atom stereocenters. The van der Waals surface area contributed by atoms with Crippen molar-refractivity contribution < 1.29 is 9.53 Å². The molecule has 1 saturated heterocycles. The summed E-state index contributed by atoms with van der Waals surface area (Å²) < 4.78 is 5.01. The molecular formula is C17H19NO2. The third-order valence-corrected chi connectivity index (χ3v) is 4.09. The summed E-state index contributed by atoms with van der Waals surface area (Å²) in [4.78, 5) is 12.2. The van der Waals surface area contributed by atoms with E-state index in [0.717, 1.165) is 30.3 Å². The molecule has 2 aromatic rings. The van der Waals surface area contributed by atoms with Crippen LogP contribution in [0, 0.1) is 0 Å². The lowest BCUT2D eigenvalue weighted by Crippen LogP contribution is -2.34. The molecule has 20 heavy (non-hydrogen) atoms. The average molecular weight is 269 g/mol. The van der Waals surface area contributed by atoms with E-state index >= 15 is 0 Å². The number of rotatable bonds is 3. The lowest BCUT2D eigenvalue weighted by atomic mass is 9.89. The normalized spacial score (nSPS) is 19.9. The first-order chi connectivity index (χ1) is 9.79. The Morgan fingerprint density at radius 3 is 2.75 bits per heavy atom. The highest BCUT2D eigenvalue weighted by Gasteiger charge is 2.32. The Hall–Kier alpha value is -1.87. The van der Waals surface area contributed by atoms with Crippen LogP contribution in [0.2, 0.25) is 0 Å². The van der Waals surface area contributed by atoms with Crippen LogP contribution in [0.15, 0.2) is 42.5 Å². The van der Waals surface area contributed by atoms with Crippen molar-refractivity contribution in [1.82, 2.24) is 5.32 Å². The molecule has 1 aliphatic rings. The van der Waals surface area contributed by atoms with E-state index in [-0.39, 0.29) is 17.9 Å². The van der Waals surface area contributed by atoms with E-state index < -0.39 is 0 Å². The Bertz CT molecular complexity index is 617. The van der Waals surface area contributed by atoms with Crippen LogP contribution in [0.3, 0.4) is 0 Å². The van der Waals surface area contributed by atoms with Gasteiger partial charge in [0.05, 0.1) is 13.0 Å². The SMILES string of the molecule is COC(=O)[C@H](c1ccc2ccccc2c1)[C@@H]1CCCN1. The van der Waals surface area contributed by atoms with E-state index in [0.29, 0.717) is 0 Å². The fourth-order valence-corrected chi connectivity index (χ4v) is 3.06. The maximum atomic E-state index is 12.2. The Kier molecular flexibility index (Phi) is 3.70. The second-order valence-electron chi connectivity index (χ2n) is 5.31. The molecule has 1 aliphatic heterocycles. The zero-order valence-corrected chi connectivity index (χ0v) is 11.6. The first-order valence-corrected chi connectivity index (χ1v) is 7.09. The van der Waals surface area contributed by atoms with Crippen LogP contribution in [-0.2, 0) is 9.53 Å². The quantitative estimate of drug-likeness (QED) is 0.871. The van der Waals surface area contributed by atoms with Gasteiger partial charge in [-0.15, -0.1) is 0 Å². The molecule has 1 N–H and O–H groups in total. The molecule has 104 valence electrons. The Labute approximate surface area is 118 Å². The van der Waals surface area contributed by atoms with Gasteiger partial charge in [-0.2, -0.15) is 0 Å². The van der Waals surface area contributed by atoms with Gasteiger partial charge in [-0.05, 0) is 35.7 Å². The van der Waals surface area contributed by atoms with Crippen molar-refractivity contribution >= 4 is 16.7 Å². The standard InChI is InChI=1S/C17H19NO2/c1-20-17(19)16(15-7-4-10-18-15)14-9-8-12-5-2-3-6-13(12)11-14/h2-3,5-6,8-9,11,15-16,18H,4,7,10H2,1H3/t15-,16+/m0/s1. The fraction of sp³-hybridized carbons (Fsp3) is 0.353. The van der Waals surface area contributed by atoms with Gasteiger partial charge < -0.3 is 10.1 Å². The van der Waals surface area contributed by atoms with Gasteiger partial charge in [0.1, 0.15) is 0 Å². The van der Waals surface area contributed by atoms with E-state index in [1.165, 1.54) is 12.5 Å². The van der Waals surface area contributed by atoms with Gasteiger partial charge in [-0.3, -0.25) is 4.79 Å². The summed E-state index contributed by atoms with van der Waals surface area (Å²) in [6.07, 6.45) is 2.14. The second kappa shape index (κ2) is 5.63. The third-order valence-electron chi connectivity index (χ3n) is 4.09. The number of carbonyl (C=O) groups excluding carboxylic acids is 1. The first-order valence-electron chi connectivity index (χ1n) is 7.09. The molecule has 0 bridgehead atoms. The highest BCUT2D eigenvalue weighted by atomic mass is 16.5. The molecule has 1 heterocycles. The maximum Gasteiger partial charge on any atom is 0.314 e. The van der Waals surface area contributed by atoms with Crippen LogP contribution >= 0.6 is 0 Å². The van der Waals surface area contributed by atoms with Gasteiger partial charge in [-0.25, -0.2) is 0 Å². The molecule has 3 nitrogen and oxygen atoms in total. The molecular weight excluding hydrogens is 250 g/mol. The summed E-state index contributed by atoms with van der Waals surface area (Å²) in [5, 5.41) is 5.78. The Morgan fingerprint density at radius 1 is 1.25 bits per heavy atom. The van der Waals surface area contributed by atoms with E-state index in [2.05, 4.69) is 29.6 Å². The van der Waals surface area contributed by atoms with Gasteiger partial charge in [0.2, 0.25) is 0 Å². The van der Waals surface area contributed by atoms with Crippen LogP contribution in [0.1, 0.15) is 24.3 Å². The number of esters is 1. The van der Waals surface area contributed by atoms with Crippen LogP contribution in [0.5, 0.6) is 0 Å². The fourth-order valence-electron chi connectivity index (χ4n) is 3.06. The lowest BCUT2D eigenvalue weighted by Gasteiger charge is -2.22. The highest BCUT2D eigenvalue weighted by molar-refractivity contribution is 5.86. The minimum atomic E-state index is -0.216. The highest BCUT2D eigenvalue weighted by Crippen LogP contribution is 2.29. The summed E-state index contributed by atoms with van der Waals surface area (Å²) >= 11 is 0. The average Bonchev–Trinajstić information content (AvgIpc) is 3.01. The van der Waals surface area contributed by atoms with Crippen LogP contribution in [0.4, 0.5) is 0 Å². The van der Waals surface area contributed by atoms with Crippen LogP contribution < -0.4 is 5.32 Å². The number of ether oxygens (including phenoxy) is 1. The second-order valence-corrected chi connectivity index (χ2v) is 5.31. The zero-order valence-electron chi connectivity index (χ0n) is 11.6. The summed E-state index contributed by atoms with van der Waals surface area (Å²) in [6, 6.07) is 14.6. The van der Waals surface area contributed by atoms with Crippen molar-refractivity contribution in [3.05, 3.63) is 48.0 Å². The van der Waals surface area contributed by atoms with Gasteiger partial charge in [-0.1, -0.05) is 42.5 Å². The summed E-state index contributed by atoms with van der Waals surface area (Å²) in [5.41, 5.74) is 1.04.